The monoisotopic (exact) mass is 266 g/mol. The molecular formula is C14H26N4O. The van der Waals surface area contributed by atoms with E-state index in [1.54, 1.807) is 6.33 Å². The molecule has 0 amide bonds. The second kappa shape index (κ2) is 6.01. The van der Waals surface area contributed by atoms with Gasteiger partial charge in [0.15, 0.2) is 0 Å². The highest BCUT2D eigenvalue weighted by Crippen LogP contribution is 2.39. The number of rotatable bonds is 7. The Morgan fingerprint density at radius 2 is 2.21 bits per heavy atom. The summed E-state index contributed by atoms with van der Waals surface area (Å²) in [5.41, 5.74) is -0.0101. The molecule has 5 nitrogen and oxygen atoms in total. The maximum atomic E-state index is 5.82. The lowest BCUT2D eigenvalue weighted by Gasteiger charge is -2.46. The molecule has 1 saturated carbocycles. The van der Waals surface area contributed by atoms with Gasteiger partial charge < -0.3 is 10.1 Å². The molecule has 1 N–H and O–H groups in total. The first-order valence-corrected chi connectivity index (χ1v) is 7.30. The summed E-state index contributed by atoms with van der Waals surface area (Å²) in [5.74, 6) is 1.05. The Kier molecular flexibility index (Phi) is 4.58. The van der Waals surface area contributed by atoms with Gasteiger partial charge in [-0.05, 0) is 39.7 Å². The molecule has 1 heterocycles. The van der Waals surface area contributed by atoms with Crippen LogP contribution in [0.2, 0.25) is 0 Å². The highest BCUT2D eigenvalue weighted by molar-refractivity contribution is 5.04. The van der Waals surface area contributed by atoms with E-state index >= 15 is 0 Å². The van der Waals surface area contributed by atoms with Gasteiger partial charge in [0.2, 0.25) is 0 Å². The van der Waals surface area contributed by atoms with Crippen molar-refractivity contribution in [2.24, 2.45) is 0 Å². The van der Waals surface area contributed by atoms with E-state index in [-0.39, 0.29) is 5.60 Å². The summed E-state index contributed by atoms with van der Waals surface area (Å²) < 4.78 is 7.82. The fourth-order valence-electron chi connectivity index (χ4n) is 2.94. The Morgan fingerprint density at radius 1 is 1.47 bits per heavy atom. The van der Waals surface area contributed by atoms with Crippen LogP contribution in [0.1, 0.15) is 51.9 Å². The minimum atomic E-state index is -0.0101. The van der Waals surface area contributed by atoms with Crippen molar-refractivity contribution in [3.63, 3.8) is 0 Å². The standard InChI is InChI=1S/C14H26N4O/c1-5-15-12(14(19-4)7-6-8-14)9-13-16-10-17-18(13)11(2)3/h10-12,15H,5-9H2,1-4H3. The van der Waals surface area contributed by atoms with Gasteiger partial charge >= 0.3 is 0 Å². The molecule has 0 saturated heterocycles. The van der Waals surface area contributed by atoms with Crippen molar-refractivity contribution in [2.75, 3.05) is 13.7 Å². The van der Waals surface area contributed by atoms with Gasteiger partial charge in [0.05, 0.1) is 5.60 Å². The molecule has 0 bridgehead atoms. The predicted octanol–water partition coefficient (Wildman–Crippen LogP) is 1.95. The number of nitrogens with zero attached hydrogens (tertiary/aromatic N) is 3. The molecular weight excluding hydrogens is 240 g/mol. The van der Waals surface area contributed by atoms with Crippen LogP contribution in [-0.2, 0) is 11.2 Å². The molecule has 0 aromatic carbocycles. The zero-order valence-electron chi connectivity index (χ0n) is 12.5. The lowest BCUT2D eigenvalue weighted by Crippen LogP contribution is -2.57. The normalized spacial score (nSPS) is 19.4. The summed E-state index contributed by atoms with van der Waals surface area (Å²) in [7, 11) is 1.83. The number of hydrogen-bond donors (Lipinski definition) is 1. The molecule has 5 heteroatoms. The summed E-state index contributed by atoms with van der Waals surface area (Å²) in [6.07, 6.45) is 6.05. The first-order valence-electron chi connectivity index (χ1n) is 7.30. The van der Waals surface area contributed by atoms with Gasteiger partial charge in [-0.2, -0.15) is 5.10 Å². The van der Waals surface area contributed by atoms with Crippen LogP contribution >= 0.6 is 0 Å². The van der Waals surface area contributed by atoms with Crippen molar-refractivity contribution in [3.05, 3.63) is 12.2 Å². The molecule has 2 rings (SSSR count). The number of ether oxygens (including phenoxy) is 1. The van der Waals surface area contributed by atoms with Crippen LogP contribution in [0.3, 0.4) is 0 Å². The molecule has 108 valence electrons. The van der Waals surface area contributed by atoms with E-state index in [1.807, 2.05) is 11.8 Å². The van der Waals surface area contributed by atoms with Crippen molar-refractivity contribution >= 4 is 0 Å². The average molecular weight is 266 g/mol. The van der Waals surface area contributed by atoms with Crippen molar-refractivity contribution in [3.8, 4) is 0 Å². The van der Waals surface area contributed by atoms with Crippen LogP contribution in [0.4, 0.5) is 0 Å². The topological polar surface area (TPSA) is 52.0 Å². The summed E-state index contributed by atoms with van der Waals surface area (Å²) in [4.78, 5) is 4.42. The second-order valence-corrected chi connectivity index (χ2v) is 5.65. The number of likely N-dealkylation sites (N-methyl/N-ethyl adjacent to an activating group) is 1. The van der Waals surface area contributed by atoms with Crippen LogP contribution in [-0.4, -0.2) is 40.1 Å². The van der Waals surface area contributed by atoms with E-state index in [0.29, 0.717) is 12.1 Å². The van der Waals surface area contributed by atoms with Crippen LogP contribution in [0, 0.1) is 0 Å². The van der Waals surface area contributed by atoms with Gasteiger partial charge in [0.25, 0.3) is 0 Å². The van der Waals surface area contributed by atoms with E-state index < -0.39 is 0 Å². The van der Waals surface area contributed by atoms with Crippen molar-refractivity contribution in [1.82, 2.24) is 20.1 Å². The first kappa shape index (κ1) is 14.5. The quantitative estimate of drug-likeness (QED) is 0.819. The Morgan fingerprint density at radius 3 is 2.68 bits per heavy atom. The number of aromatic nitrogens is 3. The van der Waals surface area contributed by atoms with Crippen LogP contribution in [0.15, 0.2) is 6.33 Å². The highest BCUT2D eigenvalue weighted by Gasteiger charge is 2.44. The molecule has 1 aliphatic carbocycles. The first-order chi connectivity index (χ1) is 9.13. The van der Waals surface area contributed by atoms with Gasteiger partial charge in [0, 0.05) is 25.6 Å². The van der Waals surface area contributed by atoms with Crippen molar-refractivity contribution in [2.45, 2.75) is 64.1 Å². The molecule has 0 radical (unpaired) electrons. The SMILES string of the molecule is CCNC(Cc1ncnn1C(C)C)C1(OC)CCC1. The largest absolute Gasteiger partial charge is 0.377 e. The summed E-state index contributed by atoms with van der Waals surface area (Å²) >= 11 is 0. The average Bonchev–Trinajstić information content (AvgIpc) is 2.77. The number of nitrogens with one attached hydrogen (secondary N) is 1. The Hall–Kier alpha value is -0.940. The Bertz CT molecular complexity index is 392. The molecule has 1 aliphatic rings. The van der Waals surface area contributed by atoms with E-state index in [9.17, 15) is 0 Å². The van der Waals surface area contributed by atoms with E-state index in [4.69, 9.17) is 4.74 Å². The maximum Gasteiger partial charge on any atom is 0.138 e. The van der Waals surface area contributed by atoms with Gasteiger partial charge in [-0.25, -0.2) is 9.67 Å². The second-order valence-electron chi connectivity index (χ2n) is 5.65. The predicted molar refractivity (Wildman–Crippen MR) is 75.2 cm³/mol. The molecule has 1 atom stereocenters. The number of methoxy groups -OCH3 is 1. The zero-order valence-corrected chi connectivity index (χ0v) is 12.5. The highest BCUT2D eigenvalue weighted by atomic mass is 16.5. The molecule has 0 spiro atoms. The molecule has 1 unspecified atom stereocenters. The summed E-state index contributed by atoms with van der Waals surface area (Å²) in [6, 6.07) is 0.664. The van der Waals surface area contributed by atoms with Gasteiger partial charge in [-0.1, -0.05) is 6.92 Å². The minimum Gasteiger partial charge on any atom is -0.377 e. The van der Waals surface area contributed by atoms with Gasteiger partial charge in [0.1, 0.15) is 12.2 Å². The molecule has 0 aliphatic heterocycles. The van der Waals surface area contributed by atoms with Crippen LogP contribution in [0.25, 0.3) is 0 Å². The minimum absolute atomic E-state index is 0.0101. The lowest BCUT2D eigenvalue weighted by molar-refractivity contribution is -0.0983. The Balaban J connectivity index is 2.14. The van der Waals surface area contributed by atoms with Crippen LogP contribution in [0.5, 0.6) is 0 Å². The lowest BCUT2D eigenvalue weighted by atomic mass is 9.73. The fourth-order valence-corrected chi connectivity index (χ4v) is 2.94. The summed E-state index contributed by atoms with van der Waals surface area (Å²) in [6.45, 7) is 7.36. The van der Waals surface area contributed by atoms with Gasteiger partial charge in [-0.15, -0.1) is 0 Å². The van der Waals surface area contributed by atoms with E-state index in [1.165, 1.54) is 6.42 Å². The zero-order chi connectivity index (χ0) is 13.9. The van der Waals surface area contributed by atoms with Crippen LogP contribution < -0.4 is 5.32 Å². The van der Waals surface area contributed by atoms with Gasteiger partial charge in [-0.3, -0.25) is 0 Å². The molecule has 1 aromatic heterocycles. The molecule has 1 aromatic rings. The fraction of sp³-hybridized carbons (Fsp3) is 0.857. The molecule has 19 heavy (non-hydrogen) atoms. The third kappa shape index (κ3) is 2.82. The third-order valence-corrected chi connectivity index (χ3v) is 4.22. The van der Waals surface area contributed by atoms with E-state index in [0.717, 1.165) is 31.6 Å². The Labute approximate surface area is 115 Å². The summed E-state index contributed by atoms with van der Waals surface area (Å²) in [5, 5.41) is 7.89. The number of hydrogen-bond acceptors (Lipinski definition) is 4. The smallest absolute Gasteiger partial charge is 0.138 e. The van der Waals surface area contributed by atoms with E-state index in [2.05, 4.69) is 36.2 Å². The molecule has 1 fully saturated rings. The maximum absolute atomic E-state index is 5.82. The third-order valence-electron chi connectivity index (χ3n) is 4.22. The van der Waals surface area contributed by atoms with Crippen molar-refractivity contribution < 1.29 is 4.74 Å². The van der Waals surface area contributed by atoms with Crippen molar-refractivity contribution in [1.29, 1.82) is 0 Å².